The summed E-state index contributed by atoms with van der Waals surface area (Å²) in [5.41, 5.74) is 2.13. The van der Waals surface area contributed by atoms with Crippen molar-refractivity contribution < 1.29 is 4.74 Å². The maximum Gasteiger partial charge on any atom is 0.218 e. The van der Waals surface area contributed by atoms with Gasteiger partial charge in [0.15, 0.2) is 5.96 Å². The number of thiazole rings is 1. The maximum absolute atomic E-state index is 5.54. The Morgan fingerprint density at radius 2 is 2.17 bits per heavy atom. The highest BCUT2D eigenvalue weighted by Crippen LogP contribution is 2.16. The number of ether oxygens (including phenoxy) is 1. The monoisotopic (exact) mass is 347 g/mol. The normalized spacial score (nSPS) is 11.4. The predicted molar refractivity (Wildman–Crippen MR) is 98.9 cm³/mol. The molecule has 0 unspecified atom stereocenters. The van der Waals surface area contributed by atoms with Crippen molar-refractivity contribution in [1.82, 2.24) is 20.6 Å². The van der Waals surface area contributed by atoms with E-state index in [4.69, 9.17) is 4.74 Å². The molecule has 7 heteroatoms. The average Bonchev–Trinajstić information content (AvgIpc) is 2.90. The first-order valence-corrected chi connectivity index (χ1v) is 8.89. The Labute approximate surface area is 147 Å². The van der Waals surface area contributed by atoms with E-state index in [9.17, 15) is 0 Å². The third-order valence-corrected chi connectivity index (χ3v) is 4.64. The van der Waals surface area contributed by atoms with Gasteiger partial charge in [-0.05, 0) is 26.8 Å². The first-order valence-electron chi connectivity index (χ1n) is 8.08. The van der Waals surface area contributed by atoms with Crippen LogP contribution >= 0.6 is 11.3 Å². The number of hydrogen-bond acceptors (Lipinski definition) is 5. The van der Waals surface area contributed by atoms with E-state index in [1.165, 1.54) is 4.88 Å². The number of rotatable bonds is 7. The number of hydrogen-bond donors (Lipinski definition) is 2. The third kappa shape index (κ3) is 5.19. The Morgan fingerprint density at radius 1 is 1.33 bits per heavy atom. The molecule has 0 aliphatic carbocycles. The van der Waals surface area contributed by atoms with Crippen molar-refractivity contribution in [3.63, 3.8) is 0 Å². The topological polar surface area (TPSA) is 71.4 Å². The Morgan fingerprint density at radius 3 is 2.83 bits per heavy atom. The van der Waals surface area contributed by atoms with Gasteiger partial charge in [-0.25, -0.2) is 9.97 Å². The second-order valence-corrected chi connectivity index (χ2v) is 6.54. The number of nitrogens with one attached hydrogen (secondary N) is 2. The molecular formula is C17H25N5OS. The van der Waals surface area contributed by atoms with Gasteiger partial charge in [-0.2, -0.15) is 0 Å². The third-order valence-electron chi connectivity index (χ3n) is 3.51. The molecule has 0 atom stereocenters. The highest BCUT2D eigenvalue weighted by Gasteiger charge is 2.06. The molecular weight excluding hydrogens is 322 g/mol. The molecule has 2 heterocycles. The molecule has 2 rings (SSSR count). The minimum absolute atomic E-state index is 0.601. The SMILES string of the molecule is CCOc1ncccc1CNC(=NC)NCCc1nc(C)c(C)s1. The number of aryl methyl sites for hydroxylation is 2. The molecule has 0 aliphatic heterocycles. The molecule has 0 aliphatic rings. The van der Waals surface area contributed by atoms with Crippen LogP contribution in [0.4, 0.5) is 0 Å². The molecule has 6 nitrogen and oxygen atoms in total. The van der Waals surface area contributed by atoms with E-state index in [0.29, 0.717) is 19.0 Å². The van der Waals surface area contributed by atoms with Crippen LogP contribution in [0, 0.1) is 13.8 Å². The van der Waals surface area contributed by atoms with Gasteiger partial charge < -0.3 is 15.4 Å². The van der Waals surface area contributed by atoms with E-state index >= 15 is 0 Å². The van der Waals surface area contributed by atoms with Crippen molar-refractivity contribution >= 4 is 17.3 Å². The Balaban J connectivity index is 1.82. The van der Waals surface area contributed by atoms with Crippen LogP contribution < -0.4 is 15.4 Å². The van der Waals surface area contributed by atoms with Gasteiger partial charge in [0, 0.05) is 43.2 Å². The standard InChI is InChI=1S/C17H25N5OS/c1-5-23-16-14(7-6-9-19-16)11-21-17(18-4)20-10-8-15-22-12(2)13(3)24-15/h6-7,9H,5,8,10-11H2,1-4H3,(H2,18,20,21). The maximum atomic E-state index is 5.54. The lowest BCUT2D eigenvalue weighted by Crippen LogP contribution is -2.38. The lowest BCUT2D eigenvalue weighted by molar-refractivity contribution is 0.322. The molecule has 0 amide bonds. The summed E-state index contributed by atoms with van der Waals surface area (Å²) in [6.07, 6.45) is 2.62. The van der Waals surface area contributed by atoms with Gasteiger partial charge in [0.25, 0.3) is 0 Å². The average molecular weight is 347 g/mol. The first kappa shape index (κ1) is 18.2. The van der Waals surface area contributed by atoms with Gasteiger partial charge in [0.2, 0.25) is 5.88 Å². The highest BCUT2D eigenvalue weighted by atomic mass is 32.1. The van der Waals surface area contributed by atoms with E-state index < -0.39 is 0 Å². The summed E-state index contributed by atoms with van der Waals surface area (Å²) in [4.78, 5) is 14.3. The van der Waals surface area contributed by atoms with Crippen LogP contribution in [-0.2, 0) is 13.0 Å². The molecule has 0 spiro atoms. The highest BCUT2D eigenvalue weighted by molar-refractivity contribution is 7.11. The minimum Gasteiger partial charge on any atom is -0.478 e. The van der Waals surface area contributed by atoms with Crippen molar-refractivity contribution in [3.8, 4) is 5.88 Å². The van der Waals surface area contributed by atoms with Crippen LogP contribution in [0.15, 0.2) is 23.3 Å². The Kier molecular flexibility index (Phi) is 6.99. The summed E-state index contributed by atoms with van der Waals surface area (Å²) in [5.74, 6) is 1.42. The summed E-state index contributed by atoms with van der Waals surface area (Å²) in [6.45, 7) is 8.11. The van der Waals surface area contributed by atoms with Crippen molar-refractivity contribution in [2.45, 2.75) is 33.7 Å². The molecule has 130 valence electrons. The number of nitrogens with zero attached hydrogens (tertiary/aromatic N) is 3. The lowest BCUT2D eigenvalue weighted by atomic mass is 10.2. The number of guanidine groups is 1. The minimum atomic E-state index is 0.601. The van der Waals surface area contributed by atoms with E-state index in [1.54, 1.807) is 24.6 Å². The molecule has 24 heavy (non-hydrogen) atoms. The van der Waals surface area contributed by atoms with Gasteiger partial charge in [-0.15, -0.1) is 11.3 Å². The van der Waals surface area contributed by atoms with E-state index in [2.05, 4.69) is 32.5 Å². The molecule has 0 saturated heterocycles. The smallest absolute Gasteiger partial charge is 0.218 e. The molecule has 0 saturated carbocycles. The van der Waals surface area contributed by atoms with Crippen molar-refractivity contribution in [3.05, 3.63) is 39.5 Å². The zero-order valence-electron chi connectivity index (χ0n) is 14.7. The number of pyridine rings is 1. The number of aliphatic imine (C=N–C) groups is 1. The molecule has 2 aromatic rings. The summed E-state index contributed by atoms with van der Waals surface area (Å²) < 4.78 is 5.54. The van der Waals surface area contributed by atoms with E-state index in [-0.39, 0.29) is 0 Å². The van der Waals surface area contributed by atoms with Gasteiger partial charge in [-0.1, -0.05) is 6.07 Å². The second-order valence-electron chi connectivity index (χ2n) is 5.25. The van der Waals surface area contributed by atoms with E-state index in [1.807, 2.05) is 26.0 Å². The van der Waals surface area contributed by atoms with Crippen LogP contribution in [0.5, 0.6) is 5.88 Å². The predicted octanol–water partition coefficient (Wildman–Crippen LogP) is 2.46. The molecule has 0 fully saturated rings. The first-order chi connectivity index (χ1) is 11.6. The summed E-state index contributed by atoms with van der Waals surface area (Å²) in [6, 6.07) is 3.91. The van der Waals surface area contributed by atoms with Gasteiger partial charge in [0.05, 0.1) is 17.3 Å². The van der Waals surface area contributed by atoms with Crippen molar-refractivity contribution in [1.29, 1.82) is 0 Å². The van der Waals surface area contributed by atoms with Crippen LogP contribution in [0.2, 0.25) is 0 Å². The quantitative estimate of drug-likeness (QED) is 0.595. The fraction of sp³-hybridized carbons (Fsp3) is 0.471. The number of aromatic nitrogens is 2. The summed E-state index contributed by atoms with van der Waals surface area (Å²) in [5, 5.41) is 7.75. The van der Waals surface area contributed by atoms with Crippen LogP contribution in [0.3, 0.4) is 0 Å². The van der Waals surface area contributed by atoms with Crippen LogP contribution in [0.1, 0.15) is 28.1 Å². The zero-order chi connectivity index (χ0) is 17.4. The van der Waals surface area contributed by atoms with E-state index in [0.717, 1.165) is 35.2 Å². The molecule has 0 aromatic carbocycles. The van der Waals surface area contributed by atoms with Crippen molar-refractivity contribution in [2.75, 3.05) is 20.2 Å². The molecule has 0 radical (unpaired) electrons. The lowest BCUT2D eigenvalue weighted by Gasteiger charge is -2.13. The largest absolute Gasteiger partial charge is 0.478 e. The second kappa shape index (κ2) is 9.22. The van der Waals surface area contributed by atoms with Gasteiger partial charge >= 0.3 is 0 Å². The molecule has 2 N–H and O–H groups in total. The fourth-order valence-corrected chi connectivity index (χ4v) is 3.09. The molecule has 2 aromatic heterocycles. The van der Waals surface area contributed by atoms with Crippen LogP contribution in [0.25, 0.3) is 0 Å². The zero-order valence-corrected chi connectivity index (χ0v) is 15.5. The molecule has 0 bridgehead atoms. The van der Waals surface area contributed by atoms with Crippen LogP contribution in [-0.4, -0.2) is 36.1 Å². The van der Waals surface area contributed by atoms with Gasteiger partial charge in [-0.3, -0.25) is 4.99 Å². The summed E-state index contributed by atoms with van der Waals surface area (Å²) >= 11 is 1.76. The Bertz CT molecular complexity index is 664. The fourth-order valence-electron chi connectivity index (χ4n) is 2.16. The summed E-state index contributed by atoms with van der Waals surface area (Å²) in [7, 11) is 1.76. The van der Waals surface area contributed by atoms with Gasteiger partial charge in [0.1, 0.15) is 0 Å². The Hall–Kier alpha value is -2.15. The van der Waals surface area contributed by atoms with Crippen molar-refractivity contribution in [2.24, 2.45) is 4.99 Å².